The first-order chi connectivity index (χ1) is 24.3. The largest absolute Gasteiger partial charge is 0.245 e. The number of thiophene rings is 1. The van der Waals surface area contributed by atoms with Gasteiger partial charge in [0.2, 0.25) is 0 Å². The molecule has 0 amide bonds. The number of fused-ring (bicyclic) bond motifs is 14. The Hall–Kier alpha value is -6.16. The number of aromatic nitrogens is 2. The molecule has 3 heterocycles. The maximum Gasteiger partial charge on any atom is 0.0972 e. The molecule has 226 valence electrons. The molecule has 0 aliphatic heterocycles. The van der Waals surface area contributed by atoms with Crippen LogP contribution in [0, 0.1) is 0 Å². The van der Waals surface area contributed by atoms with E-state index < -0.39 is 0 Å². The Morgan fingerprint density at radius 1 is 0.327 bits per heavy atom. The van der Waals surface area contributed by atoms with Crippen LogP contribution in [-0.4, -0.2) is 9.97 Å². The zero-order valence-electron chi connectivity index (χ0n) is 26.3. The van der Waals surface area contributed by atoms with E-state index in [-0.39, 0.29) is 0 Å². The molecule has 0 N–H and O–H groups in total. The Morgan fingerprint density at radius 2 is 0.898 bits per heavy atom. The zero-order valence-corrected chi connectivity index (χ0v) is 27.1. The lowest BCUT2D eigenvalue weighted by Crippen LogP contribution is -1.91. The van der Waals surface area contributed by atoms with Crippen LogP contribution in [0.1, 0.15) is 0 Å². The van der Waals surface area contributed by atoms with Crippen LogP contribution in [0.5, 0.6) is 0 Å². The van der Waals surface area contributed by atoms with Crippen molar-refractivity contribution in [2.45, 2.75) is 0 Å². The van der Waals surface area contributed by atoms with Gasteiger partial charge in [-0.25, -0.2) is 9.97 Å². The second-order valence-electron chi connectivity index (χ2n) is 12.9. The minimum absolute atomic E-state index is 0.927. The predicted molar refractivity (Wildman–Crippen MR) is 211 cm³/mol. The topological polar surface area (TPSA) is 25.8 Å². The van der Waals surface area contributed by atoms with Gasteiger partial charge in [0.1, 0.15) is 0 Å². The molecule has 0 atom stereocenters. The molecule has 11 rings (SSSR count). The van der Waals surface area contributed by atoms with Crippen LogP contribution in [0.4, 0.5) is 0 Å². The van der Waals surface area contributed by atoms with E-state index in [9.17, 15) is 0 Å². The molecule has 0 radical (unpaired) electrons. The van der Waals surface area contributed by atoms with Gasteiger partial charge in [0.25, 0.3) is 0 Å². The summed E-state index contributed by atoms with van der Waals surface area (Å²) in [7, 11) is 0. The number of hydrogen-bond acceptors (Lipinski definition) is 3. The van der Waals surface area contributed by atoms with E-state index >= 15 is 0 Å². The van der Waals surface area contributed by atoms with Gasteiger partial charge in [-0.1, -0.05) is 121 Å². The molecule has 0 spiro atoms. The standard InChI is InChI=1S/C46H26N2S/c1-2-9-28(10-3-1)40-21-17-29-14-15-30-18-22-41(48-46(30)45(29)47-40)31-16-20-35-36(24-31)33-12-6-7-13-34(33)37-25-39-43(26-38(35)37)49-42-23-19-27-8-4-5-11-32(27)44(39)42/h1-26H. The maximum atomic E-state index is 5.29. The van der Waals surface area contributed by atoms with Crippen LogP contribution < -0.4 is 0 Å². The third-order valence-electron chi connectivity index (χ3n) is 10.2. The highest BCUT2D eigenvalue weighted by molar-refractivity contribution is 7.26. The number of nitrogens with zero attached hydrogens (tertiary/aromatic N) is 2. The lowest BCUT2D eigenvalue weighted by atomic mass is 9.91. The fraction of sp³-hybridized carbons (Fsp3) is 0. The zero-order chi connectivity index (χ0) is 32.1. The molecule has 0 saturated carbocycles. The average Bonchev–Trinajstić information content (AvgIpc) is 3.55. The SMILES string of the molecule is c1ccc(-c2ccc3ccc4ccc(-c5ccc6c(c5)c5ccccc5c5cc7c(cc65)sc5ccc6ccccc6c57)nc4c3n2)cc1. The van der Waals surface area contributed by atoms with Gasteiger partial charge in [0.15, 0.2) is 0 Å². The summed E-state index contributed by atoms with van der Waals surface area (Å²) in [6.07, 6.45) is 0. The highest BCUT2D eigenvalue weighted by Gasteiger charge is 2.16. The van der Waals surface area contributed by atoms with E-state index in [1.54, 1.807) is 0 Å². The smallest absolute Gasteiger partial charge is 0.0972 e. The number of benzene rings is 8. The molecule has 11 aromatic rings. The molecule has 8 aromatic carbocycles. The highest BCUT2D eigenvalue weighted by Crippen LogP contribution is 2.44. The first-order valence-corrected chi connectivity index (χ1v) is 17.5. The Balaban J connectivity index is 1.15. The molecule has 0 aliphatic rings. The predicted octanol–water partition coefficient (Wildman–Crippen LogP) is 13.1. The monoisotopic (exact) mass is 638 g/mol. The summed E-state index contributed by atoms with van der Waals surface area (Å²) in [5.41, 5.74) is 5.97. The number of pyridine rings is 2. The van der Waals surface area contributed by atoms with E-state index in [1.807, 2.05) is 17.4 Å². The van der Waals surface area contributed by atoms with Crippen molar-refractivity contribution in [2.24, 2.45) is 0 Å². The third-order valence-corrected chi connectivity index (χ3v) is 11.3. The van der Waals surface area contributed by atoms with E-state index in [0.717, 1.165) is 44.3 Å². The minimum Gasteiger partial charge on any atom is -0.245 e. The molecule has 0 bridgehead atoms. The van der Waals surface area contributed by atoms with Crippen LogP contribution >= 0.6 is 11.3 Å². The molecular formula is C46H26N2S. The summed E-state index contributed by atoms with van der Waals surface area (Å²) in [5, 5.41) is 15.1. The highest BCUT2D eigenvalue weighted by atomic mass is 32.1. The van der Waals surface area contributed by atoms with Crippen molar-refractivity contribution in [3.8, 4) is 22.5 Å². The van der Waals surface area contributed by atoms with Crippen molar-refractivity contribution in [1.82, 2.24) is 9.97 Å². The molecular weight excluding hydrogens is 613 g/mol. The quantitative estimate of drug-likeness (QED) is 0.176. The lowest BCUT2D eigenvalue weighted by Gasteiger charge is -2.13. The second kappa shape index (κ2) is 10.2. The van der Waals surface area contributed by atoms with Gasteiger partial charge >= 0.3 is 0 Å². The van der Waals surface area contributed by atoms with E-state index in [4.69, 9.17) is 9.97 Å². The van der Waals surface area contributed by atoms with Gasteiger partial charge in [-0.15, -0.1) is 11.3 Å². The third kappa shape index (κ3) is 4.00. The summed E-state index contributed by atoms with van der Waals surface area (Å²) < 4.78 is 2.66. The van der Waals surface area contributed by atoms with Gasteiger partial charge in [-0.3, -0.25) is 0 Å². The van der Waals surface area contributed by atoms with Crippen LogP contribution in [0.25, 0.3) is 108 Å². The molecule has 0 fully saturated rings. The molecule has 0 aliphatic carbocycles. The van der Waals surface area contributed by atoms with Crippen molar-refractivity contribution < 1.29 is 0 Å². The molecule has 2 nitrogen and oxygen atoms in total. The Kier molecular flexibility index (Phi) is 5.57. The van der Waals surface area contributed by atoms with E-state index in [1.165, 1.54) is 63.3 Å². The summed E-state index contributed by atoms with van der Waals surface area (Å²) in [5.74, 6) is 0. The van der Waals surface area contributed by atoms with Gasteiger partial charge in [-0.2, -0.15) is 0 Å². The fourth-order valence-corrected chi connectivity index (χ4v) is 8.99. The summed E-state index contributed by atoms with van der Waals surface area (Å²) in [6, 6.07) is 57.1. The van der Waals surface area contributed by atoms with Crippen molar-refractivity contribution in [2.75, 3.05) is 0 Å². The number of hydrogen-bond donors (Lipinski definition) is 0. The molecule has 3 heteroatoms. The van der Waals surface area contributed by atoms with Gasteiger partial charge in [0.05, 0.1) is 22.4 Å². The fourth-order valence-electron chi connectivity index (χ4n) is 7.85. The first kappa shape index (κ1) is 26.9. The molecule has 49 heavy (non-hydrogen) atoms. The Bertz CT molecular complexity index is 3160. The Morgan fingerprint density at radius 3 is 1.65 bits per heavy atom. The van der Waals surface area contributed by atoms with Crippen molar-refractivity contribution in [3.63, 3.8) is 0 Å². The van der Waals surface area contributed by atoms with Crippen LogP contribution in [0.3, 0.4) is 0 Å². The molecule has 0 saturated heterocycles. The summed E-state index contributed by atoms with van der Waals surface area (Å²) >= 11 is 1.89. The van der Waals surface area contributed by atoms with Crippen LogP contribution in [0.2, 0.25) is 0 Å². The molecule has 0 unspecified atom stereocenters. The van der Waals surface area contributed by atoms with Gasteiger partial charge < -0.3 is 0 Å². The van der Waals surface area contributed by atoms with Crippen molar-refractivity contribution in [1.29, 1.82) is 0 Å². The maximum absolute atomic E-state index is 5.29. The van der Waals surface area contributed by atoms with E-state index in [0.29, 0.717) is 0 Å². The first-order valence-electron chi connectivity index (χ1n) is 16.7. The van der Waals surface area contributed by atoms with Crippen molar-refractivity contribution in [3.05, 3.63) is 158 Å². The number of rotatable bonds is 2. The van der Waals surface area contributed by atoms with Crippen LogP contribution in [-0.2, 0) is 0 Å². The summed E-state index contributed by atoms with van der Waals surface area (Å²) in [6.45, 7) is 0. The van der Waals surface area contributed by atoms with Crippen LogP contribution in [0.15, 0.2) is 158 Å². The van der Waals surface area contributed by atoms with Crippen molar-refractivity contribution >= 4 is 96.4 Å². The normalized spacial score (nSPS) is 12.1. The van der Waals surface area contributed by atoms with Gasteiger partial charge in [0, 0.05) is 42.1 Å². The lowest BCUT2D eigenvalue weighted by molar-refractivity contribution is 1.37. The second-order valence-corrected chi connectivity index (χ2v) is 14.0. The van der Waals surface area contributed by atoms with E-state index in [2.05, 4.69) is 152 Å². The van der Waals surface area contributed by atoms with Gasteiger partial charge in [-0.05, 0) is 79.5 Å². The summed E-state index contributed by atoms with van der Waals surface area (Å²) in [4.78, 5) is 10.4. The molecule has 3 aromatic heterocycles. The Labute approximate surface area is 285 Å². The minimum atomic E-state index is 0.927. The average molecular weight is 639 g/mol.